The number of amides is 1. The molecule has 0 unspecified atom stereocenters. The molecule has 1 fully saturated rings. The van der Waals surface area contributed by atoms with E-state index in [-0.39, 0.29) is 17.5 Å². The number of aryl methyl sites for hydroxylation is 4. The minimum Gasteiger partial charge on any atom is -0.377 e. The Morgan fingerprint density at radius 2 is 2.24 bits per heavy atom. The summed E-state index contributed by atoms with van der Waals surface area (Å²) >= 11 is 0. The largest absolute Gasteiger partial charge is 0.377 e. The fraction of sp³-hybridized carbons (Fsp3) is 0.529. The molecule has 134 valence electrons. The van der Waals surface area contributed by atoms with Gasteiger partial charge in [0.05, 0.1) is 30.6 Å². The van der Waals surface area contributed by atoms with Gasteiger partial charge >= 0.3 is 0 Å². The van der Waals surface area contributed by atoms with Crippen LogP contribution < -0.4 is 5.56 Å². The van der Waals surface area contributed by atoms with Gasteiger partial charge in [-0.1, -0.05) is 0 Å². The lowest BCUT2D eigenvalue weighted by Gasteiger charge is -2.35. The van der Waals surface area contributed by atoms with Crippen molar-refractivity contribution in [2.45, 2.75) is 32.7 Å². The minimum absolute atomic E-state index is 0.0382. The second-order valence-corrected chi connectivity index (χ2v) is 6.35. The molecule has 1 atom stereocenters. The third-order valence-electron chi connectivity index (χ3n) is 4.39. The third kappa shape index (κ3) is 3.96. The first-order chi connectivity index (χ1) is 11.9. The quantitative estimate of drug-likeness (QED) is 0.878. The molecular formula is C17H23N5O3. The summed E-state index contributed by atoms with van der Waals surface area (Å²) in [6.45, 7) is 5.03. The summed E-state index contributed by atoms with van der Waals surface area (Å²) in [7, 11) is 1.87. The van der Waals surface area contributed by atoms with E-state index in [9.17, 15) is 9.59 Å². The SMILES string of the molecule is Cc1nc([C@H]2COCCN2C(=O)CCc2cn(C)nc2C)cc(=O)[nH]1. The lowest BCUT2D eigenvalue weighted by atomic mass is 10.1. The van der Waals surface area contributed by atoms with E-state index in [1.165, 1.54) is 6.07 Å². The Morgan fingerprint density at radius 3 is 2.92 bits per heavy atom. The molecule has 1 saturated heterocycles. The summed E-state index contributed by atoms with van der Waals surface area (Å²) in [6.07, 6.45) is 2.98. The highest BCUT2D eigenvalue weighted by molar-refractivity contribution is 5.77. The molecule has 2 aromatic rings. The molecule has 3 rings (SSSR count). The van der Waals surface area contributed by atoms with Crippen molar-refractivity contribution in [3.63, 3.8) is 0 Å². The van der Waals surface area contributed by atoms with Crippen LogP contribution in [0.1, 0.15) is 35.2 Å². The van der Waals surface area contributed by atoms with Crippen LogP contribution in [-0.2, 0) is 23.0 Å². The average Bonchev–Trinajstić information content (AvgIpc) is 2.89. The number of ether oxygens (including phenoxy) is 1. The number of nitrogens with one attached hydrogen (secondary N) is 1. The predicted octanol–water partition coefficient (Wildman–Crippen LogP) is 0.653. The fourth-order valence-electron chi connectivity index (χ4n) is 3.20. The number of carbonyl (C=O) groups excluding carboxylic acids is 1. The van der Waals surface area contributed by atoms with Crippen LogP contribution in [0.5, 0.6) is 0 Å². The predicted molar refractivity (Wildman–Crippen MR) is 91.1 cm³/mol. The molecule has 8 nitrogen and oxygen atoms in total. The Hall–Kier alpha value is -2.48. The molecule has 25 heavy (non-hydrogen) atoms. The summed E-state index contributed by atoms with van der Waals surface area (Å²) in [4.78, 5) is 33.3. The number of carbonyl (C=O) groups is 1. The third-order valence-corrected chi connectivity index (χ3v) is 4.39. The van der Waals surface area contributed by atoms with Crippen molar-refractivity contribution in [3.05, 3.63) is 45.4 Å². The number of hydrogen-bond donors (Lipinski definition) is 1. The van der Waals surface area contributed by atoms with Crippen LogP contribution in [0.4, 0.5) is 0 Å². The molecule has 8 heteroatoms. The van der Waals surface area contributed by atoms with E-state index >= 15 is 0 Å². The molecule has 0 aromatic carbocycles. The molecule has 1 aliphatic heterocycles. The highest BCUT2D eigenvalue weighted by atomic mass is 16.5. The van der Waals surface area contributed by atoms with Gasteiger partial charge in [-0.2, -0.15) is 5.10 Å². The van der Waals surface area contributed by atoms with Crippen molar-refractivity contribution >= 4 is 5.91 Å². The normalized spacial score (nSPS) is 17.7. The second-order valence-electron chi connectivity index (χ2n) is 6.35. The van der Waals surface area contributed by atoms with E-state index in [0.29, 0.717) is 44.1 Å². The molecule has 1 amide bonds. The van der Waals surface area contributed by atoms with Gasteiger partial charge in [0, 0.05) is 32.3 Å². The Morgan fingerprint density at radius 1 is 1.44 bits per heavy atom. The van der Waals surface area contributed by atoms with Crippen molar-refractivity contribution in [2.24, 2.45) is 7.05 Å². The van der Waals surface area contributed by atoms with Crippen LogP contribution in [0.25, 0.3) is 0 Å². The summed E-state index contributed by atoms with van der Waals surface area (Å²) in [6, 6.07) is 1.12. The molecule has 1 aliphatic rings. The van der Waals surface area contributed by atoms with Crippen molar-refractivity contribution in [2.75, 3.05) is 19.8 Å². The van der Waals surface area contributed by atoms with E-state index in [0.717, 1.165) is 11.3 Å². The zero-order valence-electron chi connectivity index (χ0n) is 14.8. The Bertz CT molecular complexity index is 826. The maximum Gasteiger partial charge on any atom is 0.251 e. The van der Waals surface area contributed by atoms with Gasteiger partial charge in [-0.15, -0.1) is 0 Å². The van der Waals surface area contributed by atoms with Crippen molar-refractivity contribution < 1.29 is 9.53 Å². The zero-order chi connectivity index (χ0) is 18.0. The molecule has 0 saturated carbocycles. The number of H-pyrrole nitrogens is 1. The number of aromatic nitrogens is 4. The van der Waals surface area contributed by atoms with Crippen LogP contribution in [-0.4, -0.2) is 50.3 Å². The number of rotatable bonds is 4. The maximum atomic E-state index is 12.8. The van der Waals surface area contributed by atoms with Crippen molar-refractivity contribution in [1.29, 1.82) is 0 Å². The van der Waals surface area contributed by atoms with Crippen molar-refractivity contribution in [1.82, 2.24) is 24.6 Å². The number of nitrogens with zero attached hydrogens (tertiary/aromatic N) is 4. The number of hydrogen-bond acceptors (Lipinski definition) is 5. The second kappa shape index (κ2) is 7.18. The summed E-state index contributed by atoms with van der Waals surface area (Å²) in [5.41, 5.74) is 2.38. The van der Waals surface area contributed by atoms with Gasteiger partial charge in [-0.25, -0.2) is 4.98 Å². The average molecular weight is 345 g/mol. The van der Waals surface area contributed by atoms with Crippen LogP contribution in [0, 0.1) is 13.8 Å². The number of morpholine rings is 1. The molecule has 3 heterocycles. The first-order valence-electron chi connectivity index (χ1n) is 8.38. The molecule has 0 bridgehead atoms. The van der Waals surface area contributed by atoms with Gasteiger partial charge in [0.25, 0.3) is 5.56 Å². The van der Waals surface area contributed by atoms with E-state index in [1.54, 1.807) is 16.5 Å². The summed E-state index contributed by atoms with van der Waals surface area (Å²) in [5.74, 6) is 0.572. The smallest absolute Gasteiger partial charge is 0.251 e. The zero-order valence-corrected chi connectivity index (χ0v) is 14.8. The van der Waals surface area contributed by atoms with Crippen LogP contribution in [0.3, 0.4) is 0 Å². The Kier molecular flexibility index (Phi) is 4.98. The van der Waals surface area contributed by atoms with E-state index in [2.05, 4.69) is 15.1 Å². The van der Waals surface area contributed by atoms with E-state index in [4.69, 9.17) is 4.74 Å². The van der Waals surface area contributed by atoms with E-state index < -0.39 is 0 Å². The summed E-state index contributed by atoms with van der Waals surface area (Å²) < 4.78 is 7.28. The number of aromatic amines is 1. The monoisotopic (exact) mass is 345 g/mol. The lowest BCUT2D eigenvalue weighted by molar-refractivity contribution is -0.140. The summed E-state index contributed by atoms with van der Waals surface area (Å²) in [5, 5.41) is 4.31. The molecule has 2 aromatic heterocycles. The fourth-order valence-corrected chi connectivity index (χ4v) is 3.20. The molecule has 0 spiro atoms. The van der Waals surface area contributed by atoms with Crippen LogP contribution in [0.2, 0.25) is 0 Å². The minimum atomic E-state index is -0.322. The highest BCUT2D eigenvalue weighted by Crippen LogP contribution is 2.23. The topological polar surface area (TPSA) is 93.1 Å². The van der Waals surface area contributed by atoms with Gasteiger partial charge in [-0.3, -0.25) is 14.3 Å². The Labute approximate surface area is 145 Å². The van der Waals surface area contributed by atoms with E-state index in [1.807, 2.05) is 20.2 Å². The first-order valence-corrected chi connectivity index (χ1v) is 8.38. The van der Waals surface area contributed by atoms with Gasteiger partial charge in [0.1, 0.15) is 5.82 Å². The van der Waals surface area contributed by atoms with Crippen molar-refractivity contribution in [3.8, 4) is 0 Å². The molecule has 0 aliphatic carbocycles. The standard InChI is InChI=1S/C17H23N5O3/c1-11-13(9-21(3)20-11)4-5-17(24)22-6-7-25-10-15(22)14-8-16(23)19-12(2)18-14/h8-9,15H,4-7,10H2,1-3H3,(H,18,19,23)/t15-/m1/s1. The van der Waals surface area contributed by atoms with Gasteiger partial charge in [0.2, 0.25) is 5.91 Å². The van der Waals surface area contributed by atoms with Crippen LogP contribution >= 0.6 is 0 Å². The molecular weight excluding hydrogens is 322 g/mol. The highest BCUT2D eigenvalue weighted by Gasteiger charge is 2.30. The Balaban J connectivity index is 1.74. The molecule has 0 radical (unpaired) electrons. The first kappa shape index (κ1) is 17.3. The van der Waals surface area contributed by atoms with Crippen LogP contribution in [0.15, 0.2) is 17.1 Å². The van der Waals surface area contributed by atoms with Gasteiger partial charge in [0.15, 0.2) is 0 Å². The molecule has 1 N–H and O–H groups in total. The maximum absolute atomic E-state index is 12.8. The van der Waals surface area contributed by atoms with Gasteiger partial charge < -0.3 is 14.6 Å². The van der Waals surface area contributed by atoms with Gasteiger partial charge in [-0.05, 0) is 25.8 Å². The lowest BCUT2D eigenvalue weighted by Crippen LogP contribution is -2.44.